The second-order valence-electron chi connectivity index (χ2n) is 3.01. The molecule has 1 atom stereocenters. The van der Waals surface area contributed by atoms with Crippen LogP contribution >= 0.6 is 15.9 Å². The van der Waals surface area contributed by atoms with E-state index >= 15 is 0 Å². The number of alkyl halides is 1. The van der Waals surface area contributed by atoms with Crippen molar-refractivity contribution in [2.45, 2.75) is 4.83 Å². The smallest absolute Gasteiger partial charge is 0.240 e. The number of halogens is 1. The normalized spacial score (nSPS) is 12.2. The van der Waals surface area contributed by atoms with Gasteiger partial charge in [0.25, 0.3) is 0 Å². The van der Waals surface area contributed by atoms with Crippen molar-refractivity contribution in [2.75, 3.05) is 14.1 Å². The van der Waals surface area contributed by atoms with Gasteiger partial charge in [-0.05, 0) is 5.56 Å². The van der Waals surface area contributed by atoms with Gasteiger partial charge in [0.15, 0.2) is 0 Å². The van der Waals surface area contributed by atoms with Gasteiger partial charge in [-0.3, -0.25) is 4.79 Å². The molecule has 70 valence electrons. The van der Waals surface area contributed by atoms with E-state index in [1.165, 1.54) is 0 Å². The molecule has 0 heterocycles. The van der Waals surface area contributed by atoms with Crippen molar-refractivity contribution in [1.82, 2.24) is 4.90 Å². The van der Waals surface area contributed by atoms with Crippen molar-refractivity contribution in [1.29, 1.82) is 0 Å². The van der Waals surface area contributed by atoms with E-state index in [1.807, 2.05) is 30.3 Å². The molecule has 0 aromatic heterocycles. The summed E-state index contributed by atoms with van der Waals surface area (Å²) < 4.78 is 0. The largest absolute Gasteiger partial charge is 0.348 e. The van der Waals surface area contributed by atoms with Gasteiger partial charge in [0.05, 0.1) is 0 Å². The Bertz CT molecular complexity index is 284. The number of rotatable bonds is 2. The first-order valence-electron chi connectivity index (χ1n) is 4.03. The van der Waals surface area contributed by atoms with E-state index in [2.05, 4.69) is 15.9 Å². The van der Waals surface area contributed by atoms with E-state index in [0.717, 1.165) is 5.56 Å². The van der Waals surface area contributed by atoms with Gasteiger partial charge >= 0.3 is 0 Å². The summed E-state index contributed by atoms with van der Waals surface area (Å²) in [6, 6.07) is 9.64. The van der Waals surface area contributed by atoms with Crippen LogP contribution in [0, 0.1) is 0 Å². The molecular weight excluding hydrogens is 230 g/mol. The van der Waals surface area contributed by atoms with Crippen molar-refractivity contribution in [2.24, 2.45) is 0 Å². The van der Waals surface area contributed by atoms with Gasteiger partial charge in [-0.2, -0.15) is 0 Å². The minimum atomic E-state index is -0.233. The standard InChI is InChI=1S/C10H12BrNO/c1-12(2)10(13)9(11)8-6-4-3-5-7-8/h3-7,9H,1-2H3. The maximum absolute atomic E-state index is 11.5. The van der Waals surface area contributed by atoms with Crippen LogP contribution in [0.15, 0.2) is 30.3 Å². The molecule has 1 aromatic carbocycles. The average Bonchev–Trinajstić information content (AvgIpc) is 2.17. The predicted molar refractivity (Wildman–Crippen MR) is 56.8 cm³/mol. The van der Waals surface area contributed by atoms with E-state index in [-0.39, 0.29) is 10.7 Å². The lowest BCUT2D eigenvalue weighted by Crippen LogP contribution is -2.25. The van der Waals surface area contributed by atoms with Crippen molar-refractivity contribution >= 4 is 21.8 Å². The monoisotopic (exact) mass is 241 g/mol. The van der Waals surface area contributed by atoms with Crippen LogP contribution in [0.1, 0.15) is 10.4 Å². The van der Waals surface area contributed by atoms with Crippen LogP contribution in [0.5, 0.6) is 0 Å². The van der Waals surface area contributed by atoms with Crippen molar-refractivity contribution < 1.29 is 4.79 Å². The number of benzene rings is 1. The Kier molecular flexibility index (Phi) is 3.48. The quantitative estimate of drug-likeness (QED) is 0.728. The molecule has 0 fully saturated rings. The van der Waals surface area contributed by atoms with Gasteiger partial charge in [0, 0.05) is 14.1 Å². The fourth-order valence-electron chi connectivity index (χ4n) is 0.991. The molecule has 1 amide bonds. The first kappa shape index (κ1) is 10.3. The number of hydrogen-bond donors (Lipinski definition) is 0. The van der Waals surface area contributed by atoms with Crippen molar-refractivity contribution in [3.8, 4) is 0 Å². The summed E-state index contributed by atoms with van der Waals surface area (Å²) in [4.78, 5) is 12.9. The Morgan fingerprint density at radius 3 is 2.31 bits per heavy atom. The molecule has 0 spiro atoms. The second kappa shape index (κ2) is 4.42. The SMILES string of the molecule is CN(C)C(=O)C(Br)c1ccccc1. The van der Waals surface area contributed by atoms with Gasteiger partial charge in [0.1, 0.15) is 4.83 Å². The highest BCUT2D eigenvalue weighted by Gasteiger charge is 2.17. The van der Waals surface area contributed by atoms with Crippen LogP contribution in [0.25, 0.3) is 0 Å². The maximum atomic E-state index is 11.5. The zero-order valence-electron chi connectivity index (χ0n) is 7.70. The summed E-state index contributed by atoms with van der Waals surface area (Å²) in [5.41, 5.74) is 0.987. The summed E-state index contributed by atoms with van der Waals surface area (Å²) >= 11 is 3.36. The number of carbonyl (C=O) groups is 1. The fraction of sp³-hybridized carbons (Fsp3) is 0.300. The van der Waals surface area contributed by atoms with E-state index in [1.54, 1.807) is 19.0 Å². The van der Waals surface area contributed by atoms with Crippen LogP contribution in [0.4, 0.5) is 0 Å². The number of nitrogens with zero attached hydrogens (tertiary/aromatic N) is 1. The number of likely N-dealkylation sites (N-methyl/N-ethyl adjacent to an activating group) is 1. The highest BCUT2D eigenvalue weighted by molar-refractivity contribution is 9.09. The Labute approximate surface area is 86.7 Å². The minimum absolute atomic E-state index is 0.0613. The van der Waals surface area contributed by atoms with Crippen LogP contribution in [-0.2, 0) is 4.79 Å². The molecule has 1 rings (SSSR count). The fourth-order valence-corrected chi connectivity index (χ4v) is 1.71. The van der Waals surface area contributed by atoms with Gasteiger partial charge in [0.2, 0.25) is 5.91 Å². The highest BCUT2D eigenvalue weighted by atomic mass is 79.9. The molecule has 0 bridgehead atoms. The summed E-state index contributed by atoms with van der Waals surface area (Å²) in [5.74, 6) is 0.0613. The number of carbonyl (C=O) groups excluding carboxylic acids is 1. The third kappa shape index (κ3) is 2.56. The first-order valence-corrected chi connectivity index (χ1v) is 4.94. The zero-order valence-corrected chi connectivity index (χ0v) is 9.28. The molecule has 0 aliphatic carbocycles. The Balaban J connectivity index is 2.80. The molecule has 0 aliphatic rings. The third-order valence-corrected chi connectivity index (χ3v) is 2.67. The van der Waals surface area contributed by atoms with E-state index in [9.17, 15) is 4.79 Å². The van der Waals surface area contributed by atoms with E-state index in [4.69, 9.17) is 0 Å². The Morgan fingerprint density at radius 1 is 1.31 bits per heavy atom. The molecule has 0 N–H and O–H groups in total. The summed E-state index contributed by atoms with van der Waals surface area (Å²) in [5, 5.41) is 0. The molecule has 1 aromatic rings. The molecule has 0 radical (unpaired) electrons. The lowest BCUT2D eigenvalue weighted by atomic mass is 10.1. The van der Waals surface area contributed by atoms with Gasteiger partial charge in [-0.25, -0.2) is 0 Å². The Morgan fingerprint density at radius 2 is 1.85 bits per heavy atom. The van der Waals surface area contributed by atoms with Crippen LogP contribution in [0.2, 0.25) is 0 Å². The van der Waals surface area contributed by atoms with E-state index in [0.29, 0.717) is 0 Å². The second-order valence-corrected chi connectivity index (χ2v) is 3.92. The van der Waals surface area contributed by atoms with Crippen LogP contribution in [0.3, 0.4) is 0 Å². The number of hydrogen-bond acceptors (Lipinski definition) is 1. The van der Waals surface area contributed by atoms with Crippen LogP contribution in [-0.4, -0.2) is 24.9 Å². The molecule has 2 nitrogen and oxygen atoms in total. The van der Waals surface area contributed by atoms with Gasteiger partial charge in [-0.1, -0.05) is 46.3 Å². The van der Waals surface area contributed by atoms with Crippen LogP contribution < -0.4 is 0 Å². The first-order chi connectivity index (χ1) is 6.13. The van der Waals surface area contributed by atoms with Gasteiger partial charge in [-0.15, -0.1) is 0 Å². The maximum Gasteiger partial charge on any atom is 0.240 e. The zero-order chi connectivity index (χ0) is 9.84. The van der Waals surface area contributed by atoms with Crippen molar-refractivity contribution in [3.05, 3.63) is 35.9 Å². The molecular formula is C10H12BrNO. The molecule has 13 heavy (non-hydrogen) atoms. The summed E-state index contributed by atoms with van der Waals surface area (Å²) in [6.07, 6.45) is 0. The Hall–Kier alpha value is -0.830. The molecule has 1 unspecified atom stereocenters. The molecule has 3 heteroatoms. The van der Waals surface area contributed by atoms with Gasteiger partial charge < -0.3 is 4.90 Å². The van der Waals surface area contributed by atoms with E-state index < -0.39 is 0 Å². The van der Waals surface area contributed by atoms with Crippen molar-refractivity contribution in [3.63, 3.8) is 0 Å². The topological polar surface area (TPSA) is 20.3 Å². The summed E-state index contributed by atoms with van der Waals surface area (Å²) in [6.45, 7) is 0. The molecule has 0 saturated heterocycles. The molecule has 0 aliphatic heterocycles. The minimum Gasteiger partial charge on any atom is -0.348 e. The number of amides is 1. The predicted octanol–water partition coefficient (Wildman–Crippen LogP) is 2.21. The average molecular weight is 242 g/mol. The lowest BCUT2D eigenvalue weighted by molar-refractivity contribution is -0.128. The third-order valence-electron chi connectivity index (χ3n) is 1.75. The summed E-state index contributed by atoms with van der Waals surface area (Å²) in [7, 11) is 3.50. The highest BCUT2D eigenvalue weighted by Crippen LogP contribution is 2.23. The molecule has 0 saturated carbocycles. The lowest BCUT2D eigenvalue weighted by Gasteiger charge is -2.15.